The number of hydrogen-bond donors (Lipinski definition) is 1. The number of methoxy groups -OCH3 is 1. The van der Waals surface area contributed by atoms with Gasteiger partial charge in [0.05, 0.1) is 22.6 Å². The molecule has 2 aromatic carbocycles. The molecule has 0 spiro atoms. The first-order valence-electron chi connectivity index (χ1n) is 6.65. The van der Waals surface area contributed by atoms with Crippen LogP contribution in [0.1, 0.15) is 25.3 Å². The maximum absolute atomic E-state index is 12.7. The summed E-state index contributed by atoms with van der Waals surface area (Å²) in [4.78, 5) is 0.297. The van der Waals surface area contributed by atoms with Crippen molar-refractivity contribution in [2.24, 2.45) is 0 Å². The van der Waals surface area contributed by atoms with E-state index in [0.29, 0.717) is 11.7 Å². The minimum absolute atomic E-state index is 0. The molecule has 0 heterocycles. The molecule has 4 nitrogen and oxygen atoms in total. The van der Waals surface area contributed by atoms with Crippen LogP contribution in [0.15, 0.2) is 52.3 Å². The Balaban J connectivity index is 0.00000242. The second-order valence-corrected chi connectivity index (χ2v) is 7.05. The Bertz CT molecular complexity index is 740. The van der Waals surface area contributed by atoms with E-state index in [2.05, 4.69) is 13.8 Å². The van der Waals surface area contributed by atoms with Gasteiger partial charge in [0, 0.05) is 6.07 Å². The summed E-state index contributed by atoms with van der Waals surface area (Å²) in [6.45, 7) is 4.12. The Morgan fingerprint density at radius 3 is 2.14 bits per heavy atom. The van der Waals surface area contributed by atoms with Gasteiger partial charge in [0.1, 0.15) is 5.75 Å². The summed E-state index contributed by atoms with van der Waals surface area (Å²) in [6.07, 6.45) is 0. The number of benzene rings is 2. The van der Waals surface area contributed by atoms with Crippen molar-refractivity contribution < 1.29 is 13.2 Å². The van der Waals surface area contributed by atoms with E-state index in [9.17, 15) is 8.42 Å². The van der Waals surface area contributed by atoms with Gasteiger partial charge in [-0.3, -0.25) is 0 Å². The Kier molecular flexibility index (Phi) is 5.85. The third-order valence-corrected chi connectivity index (χ3v) is 5.19. The smallest absolute Gasteiger partial charge is 0.208 e. The molecule has 0 fully saturated rings. The van der Waals surface area contributed by atoms with Crippen LogP contribution in [-0.4, -0.2) is 15.5 Å². The zero-order valence-corrected chi connectivity index (χ0v) is 14.4. The van der Waals surface area contributed by atoms with Crippen LogP contribution in [0.5, 0.6) is 5.75 Å². The summed E-state index contributed by atoms with van der Waals surface area (Å²) in [5, 5.41) is 0. The Morgan fingerprint density at radius 1 is 1.05 bits per heavy atom. The summed E-state index contributed by atoms with van der Waals surface area (Å²) in [7, 11) is -2.16. The van der Waals surface area contributed by atoms with Crippen molar-refractivity contribution in [3.05, 3.63) is 48.0 Å². The maximum Gasteiger partial charge on any atom is 0.208 e. The lowest BCUT2D eigenvalue weighted by atomic mass is 10.0. The highest BCUT2D eigenvalue weighted by atomic mass is 35.5. The van der Waals surface area contributed by atoms with E-state index in [1.54, 1.807) is 18.2 Å². The molecule has 0 bridgehead atoms. The van der Waals surface area contributed by atoms with Gasteiger partial charge < -0.3 is 10.5 Å². The van der Waals surface area contributed by atoms with Gasteiger partial charge in [0.15, 0.2) is 0 Å². The first-order chi connectivity index (χ1) is 9.86. The van der Waals surface area contributed by atoms with E-state index >= 15 is 0 Å². The summed E-state index contributed by atoms with van der Waals surface area (Å²) in [6, 6.07) is 11.5. The Labute approximate surface area is 137 Å². The van der Waals surface area contributed by atoms with Crippen molar-refractivity contribution in [3.8, 4) is 5.75 Å². The average molecular weight is 342 g/mol. The lowest BCUT2D eigenvalue weighted by Crippen LogP contribution is -2.06. The summed E-state index contributed by atoms with van der Waals surface area (Å²) in [5.74, 6) is 0.810. The van der Waals surface area contributed by atoms with Gasteiger partial charge in [0.25, 0.3) is 0 Å². The third kappa shape index (κ3) is 3.54. The average Bonchev–Trinajstić information content (AvgIpc) is 2.47. The molecule has 0 aromatic heterocycles. The van der Waals surface area contributed by atoms with Gasteiger partial charge in [-0.2, -0.15) is 0 Å². The maximum atomic E-state index is 12.7. The molecule has 120 valence electrons. The molecule has 6 heteroatoms. The summed E-state index contributed by atoms with van der Waals surface area (Å²) < 4.78 is 30.4. The molecule has 2 N–H and O–H groups in total. The molecule has 0 atom stereocenters. The number of nitrogens with two attached hydrogens (primary N) is 1. The lowest BCUT2D eigenvalue weighted by Gasteiger charge is -2.11. The van der Waals surface area contributed by atoms with E-state index in [4.69, 9.17) is 10.5 Å². The van der Waals surface area contributed by atoms with Gasteiger partial charge in [0.2, 0.25) is 9.84 Å². The quantitative estimate of drug-likeness (QED) is 0.862. The summed E-state index contributed by atoms with van der Waals surface area (Å²) in [5.41, 5.74) is 7.11. The molecule has 0 aliphatic rings. The molecular formula is C16H20ClNO3S. The van der Waals surface area contributed by atoms with Gasteiger partial charge in [-0.15, -0.1) is 12.4 Å². The predicted octanol–water partition coefficient (Wildman–Crippen LogP) is 3.66. The van der Waals surface area contributed by atoms with Gasteiger partial charge in [-0.05, 0) is 35.7 Å². The molecule has 0 amide bonds. The van der Waals surface area contributed by atoms with Crippen molar-refractivity contribution in [2.45, 2.75) is 29.6 Å². The van der Waals surface area contributed by atoms with Crippen LogP contribution in [0, 0.1) is 0 Å². The van der Waals surface area contributed by atoms with Gasteiger partial charge in [-0.1, -0.05) is 26.0 Å². The van der Waals surface area contributed by atoms with Crippen molar-refractivity contribution in [2.75, 3.05) is 12.8 Å². The van der Waals surface area contributed by atoms with Crippen molar-refractivity contribution in [1.29, 1.82) is 0 Å². The fourth-order valence-electron chi connectivity index (χ4n) is 2.03. The molecule has 0 unspecified atom stereocenters. The second-order valence-electron chi connectivity index (χ2n) is 5.13. The normalized spacial score (nSPS) is 11.1. The standard InChI is InChI=1S/C16H19NO3S.ClH/c1-11(2)12-4-7-14(8-5-12)21(18,19)16-10-13(20-3)6-9-15(16)17;/h4-11H,17H2,1-3H3;1H. The highest BCUT2D eigenvalue weighted by molar-refractivity contribution is 7.91. The molecule has 0 saturated heterocycles. The molecule has 2 rings (SSSR count). The van der Waals surface area contributed by atoms with Crippen molar-refractivity contribution in [3.63, 3.8) is 0 Å². The van der Waals surface area contributed by atoms with Gasteiger partial charge in [-0.25, -0.2) is 8.42 Å². The van der Waals surface area contributed by atoms with Gasteiger partial charge >= 0.3 is 0 Å². The third-order valence-electron chi connectivity index (χ3n) is 3.37. The van der Waals surface area contributed by atoms with Crippen LogP contribution in [-0.2, 0) is 9.84 Å². The molecule has 0 aliphatic heterocycles. The lowest BCUT2D eigenvalue weighted by molar-refractivity contribution is 0.413. The van der Waals surface area contributed by atoms with Crippen molar-refractivity contribution in [1.82, 2.24) is 0 Å². The number of ether oxygens (including phenoxy) is 1. The number of nitrogen functional groups attached to an aromatic ring is 1. The fourth-order valence-corrected chi connectivity index (χ4v) is 3.43. The Hall–Kier alpha value is -1.72. The van der Waals surface area contributed by atoms with Crippen LogP contribution in [0.25, 0.3) is 0 Å². The largest absolute Gasteiger partial charge is 0.497 e. The zero-order valence-electron chi connectivity index (χ0n) is 12.7. The molecule has 0 aliphatic carbocycles. The predicted molar refractivity (Wildman–Crippen MR) is 90.6 cm³/mol. The highest BCUT2D eigenvalue weighted by Crippen LogP contribution is 2.30. The van der Waals surface area contributed by atoms with Crippen LogP contribution < -0.4 is 10.5 Å². The molecule has 2 aromatic rings. The SMILES string of the molecule is COc1ccc(N)c(S(=O)(=O)c2ccc(C(C)C)cc2)c1.Cl. The monoisotopic (exact) mass is 341 g/mol. The topological polar surface area (TPSA) is 69.4 Å². The second kappa shape index (κ2) is 7.03. The van der Waals surface area contributed by atoms with Crippen LogP contribution in [0.2, 0.25) is 0 Å². The fraction of sp³-hybridized carbons (Fsp3) is 0.250. The highest BCUT2D eigenvalue weighted by Gasteiger charge is 2.21. The number of anilines is 1. The number of halogens is 1. The van der Waals surface area contributed by atoms with E-state index in [0.717, 1.165) is 5.56 Å². The van der Waals surface area contributed by atoms with Crippen LogP contribution in [0.4, 0.5) is 5.69 Å². The van der Waals surface area contributed by atoms with E-state index in [-0.39, 0.29) is 27.9 Å². The number of rotatable bonds is 4. The van der Waals surface area contributed by atoms with E-state index < -0.39 is 9.84 Å². The van der Waals surface area contributed by atoms with E-state index in [1.165, 1.54) is 19.2 Å². The number of sulfone groups is 1. The van der Waals surface area contributed by atoms with E-state index in [1.807, 2.05) is 12.1 Å². The van der Waals surface area contributed by atoms with Crippen molar-refractivity contribution >= 4 is 27.9 Å². The molecule has 22 heavy (non-hydrogen) atoms. The molecule has 0 saturated carbocycles. The molecular weight excluding hydrogens is 322 g/mol. The minimum atomic E-state index is -3.65. The minimum Gasteiger partial charge on any atom is -0.497 e. The number of hydrogen-bond acceptors (Lipinski definition) is 4. The van der Waals surface area contributed by atoms with Crippen LogP contribution in [0.3, 0.4) is 0 Å². The molecule has 0 radical (unpaired) electrons. The van der Waals surface area contributed by atoms with Crippen LogP contribution >= 0.6 is 12.4 Å². The first kappa shape index (κ1) is 18.3. The zero-order chi connectivity index (χ0) is 15.6. The Morgan fingerprint density at radius 2 is 1.64 bits per heavy atom. The first-order valence-corrected chi connectivity index (χ1v) is 8.13. The summed E-state index contributed by atoms with van der Waals surface area (Å²) >= 11 is 0.